The normalized spacial score (nSPS) is 21.1. The van der Waals surface area contributed by atoms with Gasteiger partial charge in [0.05, 0.1) is 12.1 Å². The molecule has 0 saturated carbocycles. The number of hydrogen-bond donors (Lipinski definition) is 5. The number of aromatic hydroxyl groups is 1. The number of phenols is 1. The van der Waals surface area contributed by atoms with Gasteiger partial charge in [0.15, 0.2) is 0 Å². The highest BCUT2D eigenvalue weighted by Crippen LogP contribution is 2.25. The average molecular weight is 380 g/mol. The summed E-state index contributed by atoms with van der Waals surface area (Å²) in [5.74, 6) is -1.49. The van der Waals surface area contributed by atoms with Crippen LogP contribution in [0.15, 0.2) is 24.3 Å². The molecule has 1 fully saturated rings. The van der Waals surface area contributed by atoms with Crippen LogP contribution in [0, 0.1) is 0 Å². The minimum Gasteiger partial charge on any atom is -0.508 e. The number of likely N-dealkylation sites (tertiary alicyclic amines) is 1. The minimum atomic E-state index is -1.01. The standard InChI is InChI=1S/C18H28N4O5/c19-8-2-1-3-15(20)17(24)22(27)13-9-16(18(25)26)21(11-13)10-12-4-6-14(23)7-5-12/h4-7,13,15-16,23,27H,1-3,8-11,19-20H2,(H,25,26)/t13-,15+,16+/m1/s1. The molecule has 0 unspecified atom stereocenters. The van der Waals surface area contributed by atoms with Crippen LogP contribution in [0.4, 0.5) is 0 Å². The number of nitrogens with two attached hydrogens (primary N) is 2. The second-order valence-corrected chi connectivity index (χ2v) is 6.91. The van der Waals surface area contributed by atoms with Crippen molar-refractivity contribution in [1.29, 1.82) is 0 Å². The van der Waals surface area contributed by atoms with E-state index in [-0.39, 0.29) is 18.7 Å². The number of hydrogen-bond acceptors (Lipinski definition) is 7. The van der Waals surface area contributed by atoms with Crippen molar-refractivity contribution in [1.82, 2.24) is 9.96 Å². The lowest BCUT2D eigenvalue weighted by molar-refractivity contribution is -0.176. The second kappa shape index (κ2) is 9.65. The average Bonchev–Trinajstić information content (AvgIpc) is 3.06. The van der Waals surface area contributed by atoms with E-state index in [2.05, 4.69) is 0 Å². The predicted octanol–water partition coefficient (Wildman–Crippen LogP) is 0.0938. The fourth-order valence-corrected chi connectivity index (χ4v) is 3.31. The van der Waals surface area contributed by atoms with E-state index in [4.69, 9.17) is 11.5 Å². The molecule has 150 valence electrons. The third-order valence-electron chi connectivity index (χ3n) is 4.85. The van der Waals surface area contributed by atoms with Gasteiger partial charge in [-0.3, -0.25) is 19.7 Å². The molecule has 3 atom stereocenters. The van der Waals surface area contributed by atoms with Gasteiger partial charge in [0.25, 0.3) is 5.91 Å². The van der Waals surface area contributed by atoms with Crippen LogP contribution in [-0.4, -0.2) is 68.5 Å². The number of nitrogens with zero attached hydrogens (tertiary/aromatic N) is 2. The molecule has 9 heteroatoms. The van der Waals surface area contributed by atoms with Crippen LogP contribution < -0.4 is 11.5 Å². The Balaban J connectivity index is 2.00. The van der Waals surface area contributed by atoms with Gasteiger partial charge in [-0.05, 0) is 43.5 Å². The topological polar surface area (TPSA) is 153 Å². The molecular formula is C18H28N4O5. The predicted molar refractivity (Wildman–Crippen MR) is 97.9 cm³/mol. The summed E-state index contributed by atoms with van der Waals surface area (Å²) in [6, 6.07) is 4.17. The van der Waals surface area contributed by atoms with E-state index < -0.39 is 30.0 Å². The lowest BCUT2D eigenvalue weighted by atomic mass is 10.1. The zero-order valence-electron chi connectivity index (χ0n) is 15.2. The van der Waals surface area contributed by atoms with Crippen LogP contribution in [0.1, 0.15) is 31.2 Å². The highest BCUT2D eigenvalue weighted by Gasteiger charge is 2.41. The van der Waals surface area contributed by atoms with Gasteiger partial charge < -0.3 is 21.7 Å². The molecule has 0 bridgehead atoms. The highest BCUT2D eigenvalue weighted by molar-refractivity contribution is 5.81. The number of aliphatic carboxylic acids is 1. The molecule has 27 heavy (non-hydrogen) atoms. The van der Waals surface area contributed by atoms with E-state index in [1.807, 2.05) is 0 Å². The number of carbonyl (C=O) groups excluding carboxylic acids is 1. The molecule has 2 rings (SSSR count). The van der Waals surface area contributed by atoms with Gasteiger partial charge in [-0.25, -0.2) is 5.06 Å². The van der Waals surface area contributed by atoms with E-state index >= 15 is 0 Å². The lowest BCUT2D eigenvalue weighted by Gasteiger charge is -2.25. The SMILES string of the molecule is NCCCC[C@H](N)C(=O)N(O)[C@@H]1C[C@@H](C(=O)O)N(Cc2ccc(O)cc2)C1. The maximum absolute atomic E-state index is 12.3. The summed E-state index contributed by atoms with van der Waals surface area (Å²) in [7, 11) is 0. The van der Waals surface area contributed by atoms with Gasteiger partial charge in [-0.1, -0.05) is 18.6 Å². The van der Waals surface area contributed by atoms with Crippen LogP contribution in [0.25, 0.3) is 0 Å². The number of hydroxylamine groups is 2. The maximum Gasteiger partial charge on any atom is 0.321 e. The van der Waals surface area contributed by atoms with Crippen LogP contribution in [0.3, 0.4) is 0 Å². The molecule has 9 nitrogen and oxygen atoms in total. The summed E-state index contributed by atoms with van der Waals surface area (Å²) >= 11 is 0. The van der Waals surface area contributed by atoms with Gasteiger partial charge in [0.1, 0.15) is 11.8 Å². The summed E-state index contributed by atoms with van der Waals surface area (Å²) in [5.41, 5.74) is 12.1. The molecule has 0 radical (unpaired) electrons. The van der Waals surface area contributed by atoms with Crippen LogP contribution in [0.2, 0.25) is 0 Å². The van der Waals surface area contributed by atoms with Crippen LogP contribution in [-0.2, 0) is 16.1 Å². The number of carboxylic acids is 1. The van der Waals surface area contributed by atoms with Crippen molar-refractivity contribution in [2.75, 3.05) is 13.1 Å². The van der Waals surface area contributed by atoms with Crippen molar-refractivity contribution in [3.8, 4) is 5.75 Å². The zero-order chi connectivity index (χ0) is 20.0. The number of carboxylic acid groups (broad SMARTS) is 1. The monoisotopic (exact) mass is 380 g/mol. The van der Waals surface area contributed by atoms with Crippen LogP contribution >= 0.6 is 0 Å². The van der Waals surface area contributed by atoms with E-state index in [0.29, 0.717) is 31.0 Å². The first-order valence-electron chi connectivity index (χ1n) is 9.05. The molecule has 1 aliphatic rings. The quantitative estimate of drug-likeness (QED) is 0.229. The van der Waals surface area contributed by atoms with Crippen molar-refractivity contribution in [2.45, 2.75) is 50.4 Å². The fraction of sp³-hybridized carbons (Fsp3) is 0.556. The summed E-state index contributed by atoms with van der Waals surface area (Å²) in [5, 5.41) is 29.7. The Morgan fingerprint density at radius 2 is 1.93 bits per heavy atom. The summed E-state index contributed by atoms with van der Waals surface area (Å²) < 4.78 is 0. The molecule has 1 amide bonds. The maximum atomic E-state index is 12.3. The molecular weight excluding hydrogens is 352 g/mol. The Hall–Kier alpha value is -2.20. The van der Waals surface area contributed by atoms with E-state index in [0.717, 1.165) is 12.0 Å². The minimum absolute atomic E-state index is 0.116. The van der Waals surface area contributed by atoms with Crippen molar-refractivity contribution in [2.24, 2.45) is 11.5 Å². The number of benzene rings is 1. The van der Waals surface area contributed by atoms with Gasteiger partial charge >= 0.3 is 5.97 Å². The van der Waals surface area contributed by atoms with E-state index in [9.17, 15) is 25.0 Å². The molecule has 0 aromatic heterocycles. The number of phenolic OH excluding ortho intramolecular Hbond substituents is 1. The van der Waals surface area contributed by atoms with Crippen molar-refractivity contribution >= 4 is 11.9 Å². The van der Waals surface area contributed by atoms with Gasteiger partial charge in [-0.2, -0.15) is 0 Å². The molecule has 1 heterocycles. The Labute approximate surface area is 158 Å². The zero-order valence-corrected chi connectivity index (χ0v) is 15.2. The molecule has 1 saturated heterocycles. The smallest absolute Gasteiger partial charge is 0.321 e. The first-order valence-corrected chi connectivity index (χ1v) is 9.05. The van der Waals surface area contributed by atoms with E-state index in [1.54, 1.807) is 17.0 Å². The molecule has 1 aliphatic heterocycles. The molecule has 7 N–H and O–H groups in total. The molecule has 0 aliphatic carbocycles. The van der Waals surface area contributed by atoms with Gasteiger partial charge in [0.2, 0.25) is 0 Å². The Morgan fingerprint density at radius 3 is 2.52 bits per heavy atom. The van der Waals surface area contributed by atoms with Crippen molar-refractivity contribution < 1.29 is 25.0 Å². The lowest BCUT2D eigenvalue weighted by Crippen LogP contribution is -2.47. The molecule has 1 aromatic rings. The van der Waals surface area contributed by atoms with Gasteiger partial charge in [0, 0.05) is 13.1 Å². The Morgan fingerprint density at radius 1 is 1.26 bits per heavy atom. The summed E-state index contributed by atoms with van der Waals surface area (Å²) in [6.07, 6.45) is 1.97. The summed E-state index contributed by atoms with van der Waals surface area (Å²) in [6.45, 7) is 1.06. The Kier molecular flexibility index (Phi) is 7.55. The molecule has 0 spiro atoms. The van der Waals surface area contributed by atoms with Gasteiger partial charge in [-0.15, -0.1) is 0 Å². The van der Waals surface area contributed by atoms with Crippen molar-refractivity contribution in [3.05, 3.63) is 29.8 Å². The number of rotatable bonds is 9. The first kappa shape index (κ1) is 21.1. The highest BCUT2D eigenvalue weighted by atomic mass is 16.5. The largest absolute Gasteiger partial charge is 0.508 e. The number of unbranched alkanes of at least 4 members (excludes halogenated alkanes) is 1. The third kappa shape index (κ3) is 5.64. The van der Waals surface area contributed by atoms with Crippen LogP contribution in [0.5, 0.6) is 5.75 Å². The van der Waals surface area contributed by atoms with E-state index in [1.165, 1.54) is 12.1 Å². The van der Waals surface area contributed by atoms with Crippen molar-refractivity contribution in [3.63, 3.8) is 0 Å². The molecule has 1 aromatic carbocycles. The third-order valence-corrected chi connectivity index (χ3v) is 4.85. The second-order valence-electron chi connectivity index (χ2n) is 6.91. The first-order chi connectivity index (χ1) is 12.8. The summed E-state index contributed by atoms with van der Waals surface area (Å²) in [4.78, 5) is 25.6. The number of carbonyl (C=O) groups is 2. The Bertz CT molecular complexity index is 639. The number of amides is 1. The fourth-order valence-electron chi connectivity index (χ4n) is 3.31.